The largest absolute Gasteiger partial charge is 0.496 e. The highest BCUT2D eigenvalue weighted by molar-refractivity contribution is 7.99. The maximum atomic E-state index is 6.01. The van der Waals surface area contributed by atoms with Crippen LogP contribution in [0.15, 0.2) is 18.2 Å². The average molecular weight is 266 g/mol. The van der Waals surface area contributed by atoms with E-state index in [1.165, 1.54) is 22.6 Å². The van der Waals surface area contributed by atoms with Gasteiger partial charge in [0, 0.05) is 36.7 Å². The van der Waals surface area contributed by atoms with Crippen LogP contribution in [0.1, 0.15) is 17.2 Å². The zero-order valence-electron chi connectivity index (χ0n) is 11.2. The van der Waals surface area contributed by atoms with Crippen molar-refractivity contribution in [1.82, 2.24) is 4.90 Å². The number of thioether (sulfide) groups is 1. The van der Waals surface area contributed by atoms with Gasteiger partial charge >= 0.3 is 0 Å². The second-order valence-corrected chi connectivity index (χ2v) is 5.87. The molecule has 18 heavy (non-hydrogen) atoms. The molecular weight excluding hydrogens is 244 g/mol. The van der Waals surface area contributed by atoms with Gasteiger partial charge < -0.3 is 10.5 Å². The van der Waals surface area contributed by atoms with Crippen LogP contribution in [-0.2, 0) is 0 Å². The molecule has 0 aliphatic carbocycles. The van der Waals surface area contributed by atoms with Crippen molar-refractivity contribution in [3.05, 3.63) is 29.3 Å². The van der Waals surface area contributed by atoms with Crippen LogP contribution in [0.25, 0.3) is 0 Å². The zero-order chi connectivity index (χ0) is 13.0. The molecule has 1 saturated heterocycles. The van der Waals surface area contributed by atoms with Gasteiger partial charge in [-0.2, -0.15) is 11.8 Å². The van der Waals surface area contributed by atoms with Crippen molar-refractivity contribution in [1.29, 1.82) is 0 Å². The maximum Gasteiger partial charge on any atom is 0.123 e. The van der Waals surface area contributed by atoms with Crippen LogP contribution in [0.3, 0.4) is 0 Å². The minimum absolute atomic E-state index is 0.278. The fourth-order valence-corrected chi connectivity index (χ4v) is 3.41. The van der Waals surface area contributed by atoms with Gasteiger partial charge in [0.05, 0.1) is 13.2 Å². The predicted molar refractivity (Wildman–Crippen MR) is 78.4 cm³/mol. The van der Waals surface area contributed by atoms with Crippen molar-refractivity contribution in [2.75, 3.05) is 38.2 Å². The molecule has 1 aliphatic rings. The molecule has 0 amide bonds. The van der Waals surface area contributed by atoms with Gasteiger partial charge in [0.2, 0.25) is 0 Å². The van der Waals surface area contributed by atoms with Crippen LogP contribution < -0.4 is 10.5 Å². The quantitative estimate of drug-likeness (QED) is 0.905. The number of hydrogen-bond donors (Lipinski definition) is 1. The Labute approximate surface area is 114 Å². The normalized spacial score (nSPS) is 18.6. The van der Waals surface area contributed by atoms with E-state index in [4.69, 9.17) is 10.5 Å². The lowest BCUT2D eigenvalue weighted by Gasteiger charge is -2.34. The Balaban J connectivity index is 2.27. The highest BCUT2D eigenvalue weighted by Gasteiger charge is 2.23. The number of hydrogen-bond acceptors (Lipinski definition) is 4. The molecular formula is C14H22N2OS. The van der Waals surface area contributed by atoms with Gasteiger partial charge in [0.15, 0.2) is 0 Å². The summed E-state index contributed by atoms with van der Waals surface area (Å²) < 4.78 is 5.49. The molecule has 0 saturated carbocycles. The van der Waals surface area contributed by atoms with Gasteiger partial charge in [0.1, 0.15) is 5.75 Å². The smallest absolute Gasteiger partial charge is 0.123 e. The van der Waals surface area contributed by atoms with E-state index in [0.717, 1.165) is 18.8 Å². The maximum absolute atomic E-state index is 6.01. The van der Waals surface area contributed by atoms with E-state index < -0.39 is 0 Å². The topological polar surface area (TPSA) is 38.5 Å². The van der Waals surface area contributed by atoms with Crippen molar-refractivity contribution >= 4 is 11.8 Å². The fraction of sp³-hybridized carbons (Fsp3) is 0.571. The van der Waals surface area contributed by atoms with E-state index >= 15 is 0 Å². The van der Waals surface area contributed by atoms with Crippen LogP contribution >= 0.6 is 11.8 Å². The van der Waals surface area contributed by atoms with Crippen molar-refractivity contribution in [3.8, 4) is 5.75 Å². The summed E-state index contributed by atoms with van der Waals surface area (Å²) in [6.07, 6.45) is 0. The van der Waals surface area contributed by atoms with Crippen molar-refractivity contribution < 1.29 is 4.74 Å². The molecule has 1 aliphatic heterocycles. The Kier molecular flexibility index (Phi) is 4.92. The Morgan fingerprint density at radius 2 is 2.11 bits per heavy atom. The second-order valence-electron chi connectivity index (χ2n) is 4.65. The van der Waals surface area contributed by atoms with Crippen molar-refractivity contribution in [2.45, 2.75) is 13.0 Å². The first-order chi connectivity index (χ1) is 8.76. The number of benzene rings is 1. The molecule has 1 aromatic rings. The first-order valence-corrected chi connectivity index (χ1v) is 7.58. The number of ether oxygens (including phenoxy) is 1. The summed E-state index contributed by atoms with van der Waals surface area (Å²) in [4.78, 5) is 2.48. The number of aryl methyl sites for hydroxylation is 1. The summed E-state index contributed by atoms with van der Waals surface area (Å²) in [5, 5.41) is 0. The van der Waals surface area contributed by atoms with E-state index in [1.807, 2.05) is 17.8 Å². The predicted octanol–water partition coefficient (Wildman–Crippen LogP) is 2.05. The number of nitrogens with zero attached hydrogens (tertiary/aromatic N) is 1. The summed E-state index contributed by atoms with van der Waals surface area (Å²) in [5.41, 5.74) is 8.49. The number of rotatable bonds is 4. The monoisotopic (exact) mass is 266 g/mol. The van der Waals surface area contributed by atoms with E-state index in [2.05, 4.69) is 24.0 Å². The van der Waals surface area contributed by atoms with Crippen LogP contribution in [0.4, 0.5) is 0 Å². The molecule has 3 nitrogen and oxygen atoms in total. The van der Waals surface area contributed by atoms with E-state index in [1.54, 1.807) is 7.11 Å². The Bertz CT molecular complexity index is 391. The van der Waals surface area contributed by atoms with Gasteiger partial charge in [-0.05, 0) is 13.0 Å². The van der Waals surface area contributed by atoms with Crippen molar-refractivity contribution in [2.24, 2.45) is 5.73 Å². The standard InChI is InChI=1S/C14H22N2OS/c1-11-3-4-14(17-2)12(9-11)13(10-15)16-5-7-18-8-6-16/h3-4,9,13H,5-8,10,15H2,1-2H3. The zero-order valence-corrected chi connectivity index (χ0v) is 12.0. The van der Waals surface area contributed by atoms with Crippen LogP contribution in [0.2, 0.25) is 0 Å². The van der Waals surface area contributed by atoms with Gasteiger partial charge in [-0.15, -0.1) is 0 Å². The Hall–Kier alpha value is -0.710. The summed E-state index contributed by atoms with van der Waals surface area (Å²) in [5.74, 6) is 3.35. The molecule has 1 aromatic carbocycles. The van der Waals surface area contributed by atoms with E-state index in [0.29, 0.717) is 6.54 Å². The lowest BCUT2D eigenvalue weighted by molar-refractivity contribution is 0.218. The summed E-state index contributed by atoms with van der Waals surface area (Å²) in [6, 6.07) is 6.62. The van der Waals surface area contributed by atoms with Gasteiger partial charge in [0.25, 0.3) is 0 Å². The molecule has 0 bridgehead atoms. The third kappa shape index (κ3) is 2.99. The summed E-state index contributed by atoms with van der Waals surface area (Å²) in [6.45, 7) is 4.99. The molecule has 2 rings (SSSR count). The van der Waals surface area contributed by atoms with Gasteiger partial charge in [-0.1, -0.05) is 17.7 Å². The van der Waals surface area contributed by atoms with Crippen LogP contribution in [0, 0.1) is 6.92 Å². The summed E-state index contributed by atoms with van der Waals surface area (Å²) >= 11 is 2.02. The minimum Gasteiger partial charge on any atom is -0.496 e. The molecule has 1 atom stereocenters. The number of methoxy groups -OCH3 is 1. The molecule has 100 valence electrons. The third-order valence-electron chi connectivity index (χ3n) is 3.45. The second kappa shape index (κ2) is 6.45. The molecule has 1 heterocycles. The first-order valence-electron chi connectivity index (χ1n) is 6.42. The molecule has 0 aromatic heterocycles. The molecule has 0 radical (unpaired) electrons. The minimum atomic E-state index is 0.278. The highest BCUT2D eigenvalue weighted by atomic mass is 32.2. The lowest BCUT2D eigenvalue weighted by atomic mass is 10.0. The van der Waals surface area contributed by atoms with Crippen LogP contribution in [0.5, 0.6) is 5.75 Å². The van der Waals surface area contributed by atoms with E-state index in [9.17, 15) is 0 Å². The summed E-state index contributed by atoms with van der Waals surface area (Å²) in [7, 11) is 1.73. The molecule has 2 N–H and O–H groups in total. The highest BCUT2D eigenvalue weighted by Crippen LogP contribution is 2.31. The number of nitrogens with two attached hydrogens (primary N) is 1. The third-order valence-corrected chi connectivity index (χ3v) is 4.40. The molecule has 4 heteroatoms. The molecule has 1 fully saturated rings. The molecule has 0 spiro atoms. The lowest BCUT2D eigenvalue weighted by Crippen LogP contribution is -2.39. The first kappa shape index (κ1) is 13.7. The molecule has 1 unspecified atom stereocenters. The average Bonchev–Trinajstić information content (AvgIpc) is 2.41. The van der Waals surface area contributed by atoms with E-state index in [-0.39, 0.29) is 6.04 Å². The Morgan fingerprint density at radius 3 is 2.72 bits per heavy atom. The van der Waals surface area contributed by atoms with Gasteiger partial charge in [-0.3, -0.25) is 4.90 Å². The SMILES string of the molecule is COc1ccc(C)cc1C(CN)N1CCSCC1. The van der Waals surface area contributed by atoms with Crippen molar-refractivity contribution in [3.63, 3.8) is 0 Å². The van der Waals surface area contributed by atoms with Crippen LogP contribution in [-0.4, -0.2) is 43.1 Å². The Morgan fingerprint density at radius 1 is 1.39 bits per heavy atom. The van der Waals surface area contributed by atoms with Gasteiger partial charge in [-0.25, -0.2) is 0 Å². The fourth-order valence-electron chi connectivity index (χ4n) is 2.48.